The molecule has 0 radical (unpaired) electrons. The van der Waals surface area contributed by atoms with Crippen molar-refractivity contribution in [3.8, 4) is 0 Å². The molecule has 0 fully saturated rings. The van der Waals surface area contributed by atoms with Crippen molar-refractivity contribution in [2.24, 2.45) is 5.73 Å². The van der Waals surface area contributed by atoms with Crippen molar-refractivity contribution in [3.63, 3.8) is 0 Å². The van der Waals surface area contributed by atoms with E-state index in [0.717, 1.165) is 0 Å². The van der Waals surface area contributed by atoms with Crippen molar-refractivity contribution in [3.05, 3.63) is 12.2 Å². The number of hydrogen-bond donors (Lipinski definition) is 3. The van der Waals surface area contributed by atoms with Crippen LogP contribution in [0.3, 0.4) is 0 Å². The van der Waals surface area contributed by atoms with E-state index in [4.69, 9.17) is 10.8 Å². The van der Waals surface area contributed by atoms with Crippen LogP contribution >= 0.6 is 0 Å². The fourth-order valence-corrected chi connectivity index (χ4v) is 1.30. The third kappa shape index (κ3) is 4.19. The first-order valence-corrected chi connectivity index (χ1v) is 5.07. The van der Waals surface area contributed by atoms with Crippen LogP contribution < -0.4 is 5.73 Å². The topological polar surface area (TPSA) is 125 Å². The van der Waals surface area contributed by atoms with E-state index < -0.39 is 12.0 Å². The van der Waals surface area contributed by atoms with Gasteiger partial charge in [0.05, 0.1) is 12.6 Å². The van der Waals surface area contributed by atoms with Crippen LogP contribution in [0.4, 0.5) is 0 Å². The molecule has 0 aliphatic rings. The molecule has 8 nitrogen and oxygen atoms in total. The number of likely N-dealkylation sites (N-methyl/N-ethyl adjacent to an activating group) is 1. The molecule has 1 amide bonds. The number of hydrogen-bond acceptors (Lipinski definition) is 5. The summed E-state index contributed by atoms with van der Waals surface area (Å²) >= 11 is 0. The Kier molecular flexibility index (Phi) is 4.58. The van der Waals surface area contributed by atoms with Crippen LogP contribution in [0.2, 0.25) is 0 Å². The van der Waals surface area contributed by atoms with Gasteiger partial charge < -0.3 is 15.7 Å². The SMILES string of the molecule is CN(Cc1ncn[nH]1)C(=O)C(N)CCC(=O)O. The van der Waals surface area contributed by atoms with E-state index in [0.29, 0.717) is 5.82 Å². The first-order valence-electron chi connectivity index (χ1n) is 5.07. The number of aromatic amines is 1. The summed E-state index contributed by atoms with van der Waals surface area (Å²) in [7, 11) is 1.57. The summed E-state index contributed by atoms with van der Waals surface area (Å²) in [4.78, 5) is 27.3. The third-order valence-electron chi connectivity index (χ3n) is 2.21. The summed E-state index contributed by atoms with van der Waals surface area (Å²) in [5.74, 6) is -0.736. The number of nitrogens with two attached hydrogens (primary N) is 1. The van der Waals surface area contributed by atoms with Crippen LogP contribution in [0, 0.1) is 0 Å². The molecule has 0 bridgehead atoms. The molecule has 0 saturated carbocycles. The molecule has 8 heteroatoms. The van der Waals surface area contributed by atoms with Crippen LogP contribution in [0.5, 0.6) is 0 Å². The Morgan fingerprint density at radius 3 is 2.88 bits per heavy atom. The smallest absolute Gasteiger partial charge is 0.303 e. The molecular weight excluding hydrogens is 226 g/mol. The number of carboxylic acids is 1. The lowest BCUT2D eigenvalue weighted by Gasteiger charge is -2.19. The highest BCUT2D eigenvalue weighted by atomic mass is 16.4. The number of rotatable bonds is 6. The van der Waals surface area contributed by atoms with Crippen molar-refractivity contribution in [2.75, 3.05) is 7.05 Å². The van der Waals surface area contributed by atoms with Crippen molar-refractivity contribution in [1.29, 1.82) is 0 Å². The van der Waals surface area contributed by atoms with Crippen molar-refractivity contribution in [2.45, 2.75) is 25.4 Å². The average Bonchev–Trinajstić information content (AvgIpc) is 2.77. The second kappa shape index (κ2) is 5.94. The van der Waals surface area contributed by atoms with Gasteiger partial charge in [-0.2, -0.15) is 5.10 Å². The molecule has 1 atom stereocenters. The van der Waals surface area contributed by atoms with Crippen LogP contribution in [0.25, 0.3) is 0 Å². The van der Waals surface area contributed by atoms with E-state index >= 15 is 0 Å². The lowest BCUT2D eigenvalue weighted by Crippen LogP contribution is -2.41. The van der Waals surface area contributed by atoms with E-state index in [1.165, 1.54) is 11.2 Å². The number of carbonyl (C=O) groups is 2. The van der Waals surface area contributed by atoms with Gasteiger partial charge in [-0.25, -0.2) is 4.98 Å². The van der Waals surface area contributed by atoms with Crippen LogP contribution in [0.15, 0.2) is 6.33 Å². The fraction of sp³-hybridized carbons (Fsp3) is 0.556. The molecule has 0 aliphatic carbocycles. The molecule has 1 rings (SSSR count). The van der Waals surface area contributed by atoms with Crippen LogP contribution in [-0.2, 0) is 16.1 Å². The van der Waals surface area contributed by atoms with Gasteiger partial charge in [0.1, 0.15) is 12.2 Å². The molecule has 1 heterocycles. The monoisotopic (exact) mass is 241 g/mol. The Balaban J connectivity index is 2.42. The second-order valence-corrected chi connectivity index (χ2v) is 3.67. The highest BCUT2D eigenvalue weighted by Crippen LogP contribution is 2.02. The number of aromatic nitrogens is 3. The first kappa shape index (κ1) is 13.1. The fourth-order valence-electron chi connectivity index (χ4n) is 1.30. The molecular formula is C9H15N5O3. The predicted octanol–water partition coefficient (Wildman–Crippen LogP) is -1.04. The second-order valence-electron chi connectivity index (χ2n) is 3.67. The molecule has 94 valence electrons. The van der Waals surface area contributed by atoms with E-state index in [1.807, 2.05) is 0 Å². The van der Waals surface area contributed by atoms with Gasteiger partial charge in [-0.1, -0.05) is 0 Å². The molecule has 4 N–H and O–H groups in total. The van der Waals surface area contributed by atoms with E-state index in [1.54, 1.807) is 7.05 Å². The normalized spacial score (nSPS) is 12.1. The van der Waals surface area contributed by atoms with Crippen molar-refractivity contribution < 1.29 is 14.7 Å². The summed E-state index contributed by atoms with van der Waals surface area (Å²) in [5.41, 5.74) is 5.59. The van der Waals surface area contributed by atoms with Gasteiger partial charge >= 0.3 is 5.97 Å². The Labute approximate surface area is 97.8 Å². The van der Waals surface area contributed by atoms with Crippen LogP contribution in [0.1, 0.15) is 18.7 Å². The molecule has 0 aromatic carbocycles. The maximum atomic E-state index is 11.7. The number of carbonyl (C=O) groups excluding carboxylic acids is 1. The highest BCUT2D eigenvalue weighted by Gasteiger charge is 2.19. The average molecular weight is 241 g/mol. The Hall–Kier alpha value is -1.96. The number of carboxylic acid groups (broad SMARTS) is 1. The number of nitrogens with zero attached hydrogens (tertiary/aromatic N) is 3. The highest BCUT2D eigenvalue weighted by molar-refractivity contribution is 5.81. The molecule has 0 saturated heterocycles. The summed E-state index contributed by atoms with van der Waals surface area (Å²) in [6.07, 6.45) is 1.34. The quantitative estimate of drug-likeness (QED) is 0.583. The van der Waals surface area contributed by atoms with Crippen molar-refractivity contribution in [1.82, 2.24) is 20.1 Å². The van der Waals surface area contributed by atoms with Crippen LogP contribution in [-0.4, -0.2) is 50.2 Å². The van der Waals surface area contributed by atoms with E-state index in [2.05, 4.69) is 15.2 Å². The lowest BCUT2D eigenvalue weighted by atomic mass is 10.1. The van der Waals surface area contributed by atoms with E-state index in [-0.39, 0.29) is 25.3 Å². The maximum absolute atomic E-state index is 11.7. The largest absolute Gasteiger partial charge is 0.481 e. The molecule has 1 aromatic heterocycles. The van der Waals surface area contributed by atoms with E-state index in [9.17, 15) is 9.59 Å². The van der Waals surface area contributed by atoms with Gasteiger partial charge in [0.2, 0.25) is 5.91 Å². The Bertz CT molecular complexity index is 378. The molecule has 1 aromatic rings. The molecule has 17 heavy (non-hydrogen) atoms. The Morgan fingerprint density at radius 1 is 1.65 bits per heavy atom. The molecule has 0 aliphatic heterocycles. The summed E-state index contributed by atoms with van der Waals surface area (Å²) in [6, 6.07) is -0.806. The molecule has 0 spiro atoms. The minimum atomic E-state index is -0.967. The number of nitrogens with one attached hydrogen (secondary N) is 1. The van der Waals surface area contributed by atoms with Crippen molar-refractivity contribution >= 4 is 11.9 Å². The van der Waals surface area contributed by atoms with Gasteiger partial charge in [0, 0.05) is 13.5 Å². The minimum absolute atomic E-state index is 0.120. The third-order valence-corrected chi connectivity index (χ3v) is 2.21. The van der Waals surface area contributed by atoms with Gasteiger partial charge in [0.25, 0.3) is 0 Å². The summed E-state index contributed by atoms with van der Waals surface area (Å²) < 4.78 is 0. The zero-order chi connectivity index (χ0) is 12.8. The predicted molar refractivity (Wildman–Crippen MR) is 57.7 cm³/mol. The standard InChI is InChI=1S/C9H15N5O3/c1-14(4-7-11-5-12-13-7)9(17)6(10)2-3-8(15)16/h5-6H,2-4,10H2,1H3,(H,15,16)(H,11,12,13). The lowest BCUT2D eigenvalue weighted by molar-refractivity contribution is -0.137. The van der Waals surface area contributed by atoms with Gasteiger partial charge in [-0.3, -0.25) is 14.7 Å². The van der Waals surface area contributed by atoms with Gasteiger partial charge in [-0.15, -0.1) is 0 Å². The first-order chi connectivity index (χ1) is 8.00. The minimum Gasteiger partial charge on any atom is -0.481 e. The number of aliphatic carboxylic acids is 1. The summed E-state index contributed by atoms with van der Waals surface area (Å²) in [6.45, 7) is 0.263. The Morgan fingerprint density at radius 2 is 2.35 bits per heavy atom. The molecule has 1 unspecified atom stereocenters. The summed E-state index contributed by atoms with van der Waals surface area (Å²) in [5, 5.41) is 14.8. The van der Waals surface area contributed by atoms with Gasteiger partial charge in [-0.05, 0) is 6.42 Å². The maximum Gasteiger partial charge on any atom is 0.303 e. The zero-order valence-corrected chi connectivity index (χ0v) is 9.46. The van der Waals surface area contributed by atoms with Gasteiger partial charge in [0.15, 0.2) is 0 Å². The zero-order valence-electron chi connectivity index (χ0n) is 9.46. The number of H-pyrrole nitrogens is 1. The number of amides is 1.